The molecule has 0 bridgehead atoms. The largest absolute Gasteiger partial charge is 0.497 e. The molecule has 2 N–H and O–H groups in total. The number of aromatic nitrogens is 1. The van der Waals surface area contributed by atoms with Crippen molar-refractivity contribution in [1.29, 1.82) is 5.26 Å². The Kier molecular flexibility index (Phi) is 3.78. The predicted octanol–water partition coefficient (Wildman–Crippen LogP) is 1.92. The summed E-state index contributed by atoms with van der Waals surface area (Å²) in [5, 5.41) is 9.53. The fourth-order valence-corrected chi connectivity index (χ4v) is 2.87. The van der Waals surface area contributed by atoms with Gasteiger partial charge in [-0.3, -0.25) is 4.79 Å². The highest BCUT2D eigenvalue weighted by Crippen LogP contribution is 2.40. The lowest BCUT2D eigenvalue weighted by Crippen LogP contribution is -2.31. The van der Waals surface area contributed by atoms with Crippen LogP contribution in [0.3, 0.4) is 0 Å². The summed E-state index contributed by atoms with van der Waals surface area (Å²) in [5.74, 6) is 0.550. The average molecular weight is 323 g/mol. The van der Waals surface area contributed by atoms with Crippen molar-refractivity contribution in [3.8, 4) is 17.6 Å². The van der Waals surface area contributed by atoms with Gasteiger partial charge in [-0.1, -0.05) is 12.1 Å². The highest BCUT2D eigenvalue weighted by molar-refractivity contribution is 5.55. The molecule has 1 atom stereocenters. The van der Waals surface area contributed by atoms with Crippen molar-refractivity contribution < 1.29 is 9.47 Å². The van der Waals surface area contributed by atoms with Gasteiger partial charge in [0, 0.05) is 18.8 Å². The first-order chi connectivity index (χ1) is 11.5. The number of nitrogens with two attached hydrogens (primary N) is 1. The third-order valence-corrected chi connectivity index (χ3v) is 4.30. The lowest BCUT2D eigenvalue weighted by Gasteiger charge is -2.26. The minimum absolute atomic E-state index is 0.0264. The third kappa shape index (κ3) is 2.31. The number of benzene rings is 1. The first kappa shape index (κ1) is 15.7. The summed E-state index contributed by atoms with van der Waals surface area (Å²) in [5.41, 5.74) is 7.90. The van der Waals surface area contributed by atoms with E-state index in [0.29, 0.717) is 17.1 Å². The van der Waals surface area contributed by atoms with Crippen LogP contribution in [0.2, 0.25) is 0 Å². The van der Waals surface area contributed by atoms with Crippen molar-refractivity contribution >= 4 is 0 Å². The van der Waals surface area contributed by atoms with E-state index in [2.05, 4.69) is 6.07 Å². The van der Waals surface area contributed by atoms with Crippen LogP contribution in [-0.2, 0) is 7.05 Å². The number of hydrogen-bond donors (Lipinski definition) is 1. The van der Waals surface area contributed by atoms with Crippen LogP contribution < -0.4 is 20.8 Å². The number of hydrogen-bond acceptors (Lipinski definition) is 5. The van der Waals surface area contributed by atoms with Gasteiger partial charge in [-0.25, -0.2) is 0 Å². The number of aryl methyl sites for hydroxylation is 1. The van der Waals surface area contributed by atoms with Gasteiger partial charge in [0.2, 0.25) is 5.88 Å². The number of nitrogens with zero attached hydrogens (tertiary/aromatic N) is 2. The summed E-state index contributed by atoms with van der Waals surface area (Å²) in [4.78, 5) is 12.8. The predicted molar refractivity (Wildman–Crippen MR) is 88.7 cm³/mol. The molecule has 122 valence electrons. The van der Waals surface area contributed by atoms with Crippen LogP contribution in [0.15, 0.2) is 46.6 Å². The normalized spacial score (nSPS) is 16.2. The third-order valence-electron chi connectivity index (χ3n) is 4.30. The Hall–Kier alpha value is -3.20. The number of pyridine rings is 1. The number of allylic oxidation sites excluding steroid dienone is 1. The van der Waals surface area contributed by atoms with Crippen molar-refractivity contribution in [3.05, 3.63) is 69.0 Å². The number of ether oxygens (including phenoxy) is 2. The van der Waals surface area contributed by atoms with Gasteiger partial charge in [-0.15, -0.1) is 0 Å². The smallest absolute Gasteiger partial charge is 0.258 e. The van der Waals surface area contributed by atoms with Gasteiger partial charge >= 0.3 is 0 Å². The minimum atomic E-state index is -0.566. The van der Waals surface area contributed by atoms with E-state index in [1.807, 2.05) is 19.1 Å². The molecule has 1 aromatic heterocycles. The number of fused-ring (bicyclic) bond motifs is 1. The zero-order valence-corrected chi connectivity index (χ0v) is 13.7. The van der Waals surface area contributed by atoms with Crippen LogP contribution in [-0.4, -0.2) is 11.7 Å². The van der Waals surface area contributed by atoms with Crippen LogP contribution in [0.25, 0.3) is 0 Å². The SMILES string of the molecule is COc1ccc([C@@H]2C(C#N)=C(N)Oc3cc(C)n(C)c(=O)c32)cc1. The van der Waals surface area contributed by atoms with Gasteiger partial charge in [0.1, 0.15) is 23.1 Å². The molecule has 0 unspecified atom stereocenters. The Morgan fingerprint density at radius 3 is 2.58 bits per heavy atom. The first-order valence-corrected chi connectivity index (χ1v) is 7.40. The highest BCUT2D eigenvalue weighted by atomic mass is 16.5. The molecule has 2 heterocycles. The lowest BCUT2D eigenvalue weighted by atomic mass is 9.84. The molecule has 0 aliphatic carbocycles. The summed E-state index contributed by atoms with van der Waals surface area (Å²) in [6.45, 7) is 1.81. The maximum Gasteiger partial charge on any atom is 0.258 e. The van der Waals surface area contributed by atoms with Crippen LogP contribution in [0.4, 0.5) is 0 Å². The maximum atomic E-state index is 12.8. The molecule has 0 saturated carbocycles. The molecule has 0 fully saturated rings. The van der Waals surface area contributed by atoms with Crippen molar-refractivity contribution in [3.63, 3.8) is 0 Å². The Bertz CT molecular complexity index is 934. The molecule has 6 nitrogen and oxygen atoms in total. The summed E-state index contributed by atoms with van der Waals surface area (Å²) >= 11 is 0. The van der Waals surface area contributed by atoms with Crippen molar-refractivity contribution in [2.24, 2.45) is 12.8 Å². The highest BCUT2D eigenvalue weighted by Gasteiger charge is 2.33. The monoisotopic (exact) mass is 323 g/mol. The molecule has 1 aliphatic heterocycles. The summed E-state index contributed by atoms with van der Waals surface area (Å²) in [6, 6.07) is 11.1. The Morgan fingerprint density at radius 2 is 2.00 bits per heavy atom. The van der Waals surface area contributed by atoms with E-state index in [0.717, 1.165) is 11.3 Å². The van der Waals surface area contributed by atoms with Gasteiger partial charge < -0.3 is 19.8 Å². The first-order valence-electron chi connectivity index (χ1n) is 7.40. The average Bonchev–Trinajstić information content (AvgIpc) is 2.59. The van der Waals surface area contributed by atoms with Gasteiger partial charge in [0.05, 0.1) is 18.6 Å². The molecule has 1 aliphatic rings. The van der Waals surface area contributed by atoms with E-state index in [1.165, 1.54) is 4.57 Å². The zero-order chi connectivity index (χ0) is 17.4. The Balaban J connectivity index is 2.28. The fraction of sp³-hybridized carbons (Fsp3) is 0.222. The summed E-state index contributed by atoms with van der Waals surface area (Å²) < 4.78 is 12.2. The van der Waals surface area contributed by atoms with E-state index >= 15 is 0 Å². The lowest BCUT2D eigenvalue weighted by molar-refractivity contribution is 0.389. The van der Waals surface area contributed by atoms with Crippen LogP contribution in [0, 0.1) is 18.3 Å². The second kappa shape index (κ2) is 5.78. The number of rotatable bonds is 2. The standard InChI is InChI=1S/C18H17N3O3/c1-10-8-14-16(18(22)21(10)2)15(13(9-19)17(20)24-14)11-4-6-12(23-3)7-5-11/h4-8,15H,20H2,1-3H3/t15-/m1/s1. The molecule has 1 aromatic carbocycles. The molecule has 24 heavy (non-hydrogen) atoms. The molecule has 3 rings (SSSR count). The van der Waals surface area contributed by atoms with Crippen LogP contribution in [0.5, 0.6) is 11.5 Å². The van der Waals surface area contributed by atoms with Crippen molar-refractivity contribution in [2.75, 3.05) is 7.11 Å². The van der Waals surface area contributed by atoms with E-state index in [1.54, 1.807) is 32.4 Å². The van der Waals surface area contributed by atoms with Gasteiger partial charge in [-0.2, -0.15) is 5.26 Å². The summed E-state index contributed by atoms with van der Waals surface area (Å²) in [6.07, 6.45) is 0. The quantitative estimate of drug-likeness (QED) is 0.912. The van der Waals surface area contributed by atoms with Crippen LogP contribution >= 0.6 is 0 Å². The fourth-order valence-electron chi connectivity index (χ4n) is 2.87. The molecule has 0 spiro atoms. The molecule has 0 saturated heterocycles. The Morgan fingerprint density at radius 1 is 1.33 bits per heavy atom. The van der Waals surface area contributed by atoms with Crippen LogP contribution in [0.1, 0.15) is 22.7 Å². The van der Waals surface area contributed by atoms with Gasteiger partial charge in [0.25, 0.3) is 5.56 Å². The molecule has 6 heteroatoms. The van der Waals surface area contributed by atoms with Gasteiger partial charge in [-0.05, 0) is 24.6 Å². The minimum Gasteiger partial charge on any atom is -0.497 e. The molecule has 0 amide bonds. The van der Waals surface area contributed by atoms with E-state index < -0.39 is 5.92 Å². The van der Waals surface area contributed by atoms with Crippen molar-refractivity contribution in [2.45, 2.75) is 12.8 Å². The molecular formula is C18H17N3O3. The maximum absolute atomic E-state index is 12.8. The van der Waals surface area contributed by atoms with E-state index in [9.17, 15) is 10.1 Å². The van der Waals surface area contributed by atoms with E-state index in [-0.39, 0.29) is 17.0 Å². The number of nitriles is 1. The van der Waals surface area contributed by atoms with Gasteiger partial charge in [0.15, 0.2) is 0 Å². The molecular weight excluding hydrogens is 306 g/mol. The Labute approximate surface area is 139 Å². The summed E-state index contributed by atoms with van der Waals surface area (Å²) in [7, 11) is 3.27. The molecule has 2 aromatic rings. The topological polar surface area (TPSA) is 90.3 Å². The zero-order valence-electron chi connectivity index (χ0n) is 13.7. The second-order valence-electron chi connectivity index (χ2n) is 5.63. The number of methoxy groups -OCH3 is 1. The van der Waals surface area contributed by atoms with E-state index in [4.69, 9.17) is 15.2 Å². The van der Waals surface area contributed by atoms with Crippen molar-refractivity contribution in [1.82, 2.24) is 4.57 Å². The second-order valence-corrected chi connectivity index (χ2v) is 5.63. The molecule has 0 radical (unpaired) electrons.